The topological polar surface area (TPSA) is 76.5 Å². The minimum atomic E-state index is -5.00. The van der Waals surface area contributed by atoms with E-state index in [2.05, 4.69) is 20.4 Å². The molecule has 3 atom stereocenters. The van der Waals surface area contributed by atoms with Gasteiger partial charge in [-0.25, -0.2) is 0 Å². The van der Waals surface area contributed by atoms with Crippen molar-refractivity contribution in [1.82, 2.24) is 20.4 Å². The van der Waals surface area contributed by atoms with Crippen LogP contribution in [0, 0.1) is 12.1 Å². The molecule has 0 saturated carbocycles. The van der Waals surface area contributed by atoms with Gasteiger partial charge in [-0.15, -0.1) is 0 Å². The number of nitrogens with one attached hydrogen (secondary N) is 3. The van der Waals surface area contributed by atoms with Crippen LogP contribution in [0.3, 0.4) is 0 Å². The van der Waals surface area contributed by atoms with Gasteiger partial charge in [-0.2, -0.15) is 26.3 Å². The number of ether oxygens (including phenoxy) is 2. The number of likely N-dealkylation sites (tertiary alicyclic amines) is 1. The van der Waals surface area contributed by atoms with Crippen molar-refractivity contribution in [3.05, 3.63) is 93.0 Å². The second-order valence-electron chi connectivity index (χ2n) is 12.5. The largest absolute Gasteiger partial charge is 0.628 e. The molecule has 4 aliphatic rings. The predicted molar refractivity (Wildman–Crippen MR) is 162 cm³/mol. The Kier molecular flexibility index (Phi) is 9.89. The van der Waals surface area contributed by atoms with Crippen molar-refractivity contribution in [2.75, 3.05) is 52.6 Å². The minimum absolute atomic E-state index is 0.104. The lowest BCUT2D eigenvalue weighted by Gasteiger charge is -2.44. The van der Waals surface area contributed by atoms with E-state index in [0.29, 0.717) is 73.9 Å². The van der Waals surface area contributed by atoms with Gasteiger partial charge in [0, 0.05) is 56.8 Å². The summed E-state index contributed by atoms with van der Waals surface area (Å²) in [6.45, 7) is 7.00. The number of morpholine rings is 1. The summed E-state index contributed by atoms with van der Waals surface area (Å²) < 4.78 is 94.6. The number of alkyl halides is 6. The molecule has 2 fully saturated rings. The zero-order chi connectivity index (χ0) is 33.3. The molecule has 4 aliphatic heterocycles. The van der Waals surface area contributed by atoms with E-state index in [-0.39, 0.29) is 29.7 Å². The molecule has 2 aromatic carbocycles. The van der Waals surface area contributed by atoms with E-state index in [1.807, 2.05) is 19.1 Å². The Bertz CT molecular complexity index is 1450. The summed E-state index contributed by atoms with van der Waals surface area (Å²) >= 11 is 0. The number of hydroxylamine groups is 2. The van der Waals surface area contributed by atoms with Gasteiger partial charge in [-0.1, -0.05) is 18.2 Å². The van der Waals surface area contributed by atoms with Gasteiger partial charge in [-0.05, 0) is 55.2 Å². The summed E-state index contributed by atoms with van der Waals surface area (Å²) in [7, 11) is 0. The van der Waals surface area contributed by atoms with Gasteiger partial charge in [0.2, 0.25) is 0 Å². The molecule has 2 saturated heterocycles. The highest BCUT2D eigenvalue weighted by Gasteiger charge is 2.40. The van der Waals surface area contributed by atoms with Crippen molar-refractivity contribution >= 4 is 5.70 Å². The second kappa shape index (κ2) is 13.8. The molecule has 3 unspecified atom stereocenters. The summed E-state index contributed by atoms with van der Waals surface area (Å²) in [6.07, 6.45) is -7.43. The van der Waals surface area contributed by atoms with Crippen LogP contribution in [-0.4, -0.2) is 80.7 Å². The molecule has 47 heavy (non-hydrogen) atoms. The lowest BCUT2D eigenvalue weighted by atomic mass is 9.93. The number of hydrogen-bond acceptors (Lipinski definition) is 7. The van der Waals surface area contributed by atoms with Crippen molar-refractivity contribution in [2.24, 2.45) is 0 Å². The van der Waals surface area contributed by atoms with E-state index in [1.165, 1.54) is 0 Å². The Morgan fingerprint density at radius 3 is 2.21 bits per heavy atom. The third kappa shape index (κ3) is 7.63. The van der Waals surface area contributed by atoms with E-state index in [4.69, 9.17) is 9.47 Å². The van der Waals surface area contributed by atoms with Crippen molar-refractivity contribution in [3.8, 4) is 0 Å². The highest BCUT2D eigenvalue weighted by molar-refractivity contribution is 5.62. The summed E-state index contributed by atoms with van der Waals surface area (Å²) in [4.78, 5) is 4.63. The second-order valence-corrected chi connectivity index (χ2v) is 12.5. The van der Waals surface area contributed by atoms with Gasteiger partial charge >= 0.3 is 12.4 Å². The maximum atomic E-state index is 14.7. The first kappa shape index (κ1) is 33.7. The smallest absolute Gasteiger partial charge is 0.416 e. The van der Waals surface area contributed by atoms with Crippen molar-refractivity contribution in [3.63, 3.8) is 0 Å². The number of hydrogen-bond donors (Lipinski definition) is 3. The van der Waals surface area contributed by atoms with E-state index >= 15 is 0 Å². The van der Waals surface area contributed by atoms with Crippen molar-refractivity contribution < 1.29 is 40.9 Å². The Hall–Kier alpha value is -3.14. The molecule has 4 heterocycles. The lowest BCUT2D eigenvalue weighted by molar-refractivity contribution is -0.793. The Labute approximate surface area is 269 Å². The van der Waals surface area contributed by atoms with E-state index in [0.717, 1.165) is 31.5 Å². The van der Waals surface area contributed by atoms with Gasteiger partial charge in [0.25, 0.3) is 0 Å². The molecule has 14 heteroatoms. The number of rotatable bonds is 5. The normalized spacial score (nSPS) is 26.8. The monoisotopic (exact) mass is 667 g/mol. The third-order valence-corrected chi connectivity index (χ3v) is 9.48. The van der Waals surface area contributed by atoms with Gasteiger partial charge in [0.15, 0.2) is 12.1 Å². The van der Waals surface area contributed by atoms with Crippen LogP contribution in [0.2, 0.25) is 0 Å². The molecule has 3 N–H and O–H groups in total. The van der Waals surface area contributed by atoms with Crippen LogP contribution in [0.25, 0.3) is 5.70 Å². The van der Waals surface area contributed by atoms with Crippen molar-refractivity contribution in [1.29, 1.82) is 0 Å². The van der Waals surface area contributed by atoms with Crippen molar-refractivity contribution in [2.45, 2.75) is 56.9 Å². The zero-order valence-electron chi connectivity index (χ0n) is 26.0. The maximum absolute atomic E-state index is 14.7. The molecule has 256 valence electrons. The zero-order valence-corrected chi connectivity index (χ0v) is 26.0. The van der Waals surface area contributed by atoms with Crippen LogP contribution in [0.5, 0.6) is 0 Å². The SMILES string of the molecule is Cc1ccccc1/C1=C/C(N2CCC(N3CCOCC3)CC2)OC2=C(CNCN2)C(Cc2cc(C(F)(F)F)cc(C(F)(F)F)c2)[NH+]1[O-]. The fourth-order valence-electron chi connectivity index (χ4n) is 6.97. The quantitative estimate of drug-likeness (QED) is 0.330. The maximum Gasteiger partial charge on any atom is 0.416 e. The molecule has 0 spiro atoms. The summed E-state index contributed by atoms with van der Waals surface area (Å²) in [5, 5.41) is 20.6. The van der Waals surface area contributed by atoms with Crippen LogP contribution in [0.4, 0.5) is 26.3 Å². The van der Waals surface area contributed by atoms with E-state index in [9.17, 15) is 31.5 Å². The average molecular weight is 668 g/mol. The first-order chi connectivity index (χ1) is 22.4. The van der Waals surface area contributed by atoms with Gasteiger partial charge in [0.05, 0.1) is 36.6 Å². The molecule has 0 aliphatic carbocycles. The molecule has 2 aromatic rings. The van der Waals surface area contributed by atoms with Gasteiger partial charge < -0.3 is 25.1 Å². The summed E-state index contributed by atoms with van der Waals surface area (Å²) in [5.74, 6) is 0.325. The van der Waals surface area contributed by atoms with Gasteiger partial charge in [0.1, 0.15) is 11.7 Å². The number of quaternary nitrogens is 1. The Balaban J connectivity index is 1.38. The fourth-order valence-corrected chi connectivity index (χ4v) is 6.97. The third-order valence-electron chi connectivity index (χ3n) is 9.48. The van der Waals surface area contributed by atoms with Crippen LogP contribution in [0.1, 0.15) is 40.7 Å². The Morgan fingerprint density at radius 1 is 0.915 bits per heavy atom. The Morgan fingerprint density at radius 2 is 1.57 bits per heavy atom. The molecular weight excluding hydrogens is 628 g/mol. The molecule has 0 bridgehead atoms. The molecule has 8 nitrogen and oxygen atoms in total. The lowest BCUT2D eigenvalue weighted by Crippen LogP contribution is -3.09. The fraction of sp³-hybridized carbons (Fsp3) is 0.515. The summed E-state index contributed by atoms with van der Waals surface area (Å²) in [6, 6.07) is 8.12. The molecule has 0 amide bonds. The molecular formula is C33H39F6N5O3. The van der Waals surface area contributed by atoms with Gasteiger partial charge in [-0.3, -0.25) is 15.1 Å². The molecule has 6 rings (SSSR count). The first-order valence-electron chi connectivity index (χ1n) is 15.9. The molecule has 0 aromatic heterocycles. The number of benzene rings is 2. The number of nitrogens with zero attached hydrogens (tertiary/aromatic N) is 2. The first-order valence-corrected chi connectivity index (χ1v) is 15.9. The standard InChI is InChI=1S/C33H39F6N5O3/c1-21-4-2-3-5-26(21)29-18-30(43-8-6-25(7-9-43)42-10-12-46-13-11-42)47-31-27(19-40-20-41-31)28(44(29)45)16-22-14-23(32(34,35)36)17-24(15-22)33(37,38)39/h2-5,14-15,17-18,25,28,30,40-41,44H,6-13,16,19-20H2,1H3/b29-18-. The highest BCUT2D eigenvalue weighted by atomic mass is 19.4. The number of halogens is 6. The number of piperidine rings is 1. The van der Waals surface area contributed by atoms with E-state index < -0.39 is 35.7 Å². The summed E-state index contributed by atoms with van der Waals surface area (Å²) in [5.41, 5.74) is -0.839. The predicted octanol–water partition coefficient (Wildman–Crippen LogP) is 3.88. The van der Waals surface area contributed by atoms with Crippen LogP contribution in [0.15, 0.2) is 60.0 Å². The number of aryl methyl sites for hydroxylation is 1. The van der Waals surface area contributed by atoms with Crippen LogP contribution >= 0.6 is 0 Å². The van der Waals surface area contributed by atoms with E-state index in [1.54, 1.807) is 18.2 Å². The van der Waals surface area contributed by atoms with Crippen LogP contribution in [-0.2, 0) is 28.2 Å². The molecule has 0 radical (unpaired) electrons. The minimum Gasteiger partial charge on any atom is -0.628 e. The van der Waals surface area contributed by atoms with Crippen LogP contribution < -0.4 is 15.7 Å². The highest BCUT2D eigenvalue weighted by Crippen LogP contribution is 2.37. The average Bonchev–Trinajstić information content (AvgIpc) is 3.05.